The van der Waals surface area contributed by atoms with Crippen molar-refractivity contribution in [3.05, 3.63) is 35.9 Å². The van der Waals surface area contributed by atoms with E-state index in [9.17, 15) is 14.4 Å². The maximum absolute atomic E-state index is 13.2. The van der Waals surface area contributed by atoms with Crippen LogP contribution >= 0.6 is 0 Å². The summed E-state index contributed by atoms with van der Waals surface area (Å²) in [5, 5.41) is 0. The molecule has 10 heteroatoms. The molecular weight excluding hydrogens is 496 g/mol. The normalized spacial score (nSPS) is 21.7. The number of rotatable bonds is 9. The first kappa shape index (κ1) is 30.0. The number of hydrogen-bond donors (Lipinski definition) is 0. The Morgan fingerprint density at radius 3 is 1.50 bits per heavy atom. The van der Waals surface area contributed by atoms with Gasteiger partial charge in [0, 0.05) is 0 Å². The van der Waals surface area contributed by atoms with Gasteiger partial charge in [-0.3, -0.25) is 14.4 Å². The average molecular weight is 537 g/mol. The van der Waals surface area contributed by atoms with Gasteiger partial charge in [0.05, 0.1) is 26.4 Å². The number of hydrogen-bond acceptors (Lipinski definition) is 10. The molecule has 10 nitrogen and oxygen atoms in total. The lowest BCUT2D eigenvalue weighted by Gasteiger charge is -2.40. The van der Waals surface area contributed by atoms with Crippen LogP contribution < -0.4 is 0 Å². The van der Waals surface area contributed by atoms with Crippen LogP contribution in [0, 0.1) is 16.2 Å². The third kappa shape index (κ3) is 7.53. The summed E-state index contributed by atoms with van der Waals surface area (Å²) < 4.78 is 39.2. The molecule has 0 atom stereocenters. The van der Waals surface area contributed by atoms with Gasteiger partial charge in [-0.15, -0.1) is 0 Å². The van der Waals surface area contributed by atoms with Gasteiger partial charge in [-0.1, -0.05) is 30.3 Å². The Labute approximate surface area is 224 Å². The van der Waals surface area contributed by atoms with E-state index in [1.807, 2.05) is 30.3 Å². The highest BCUT2D eigenvalue weighted by atomic mass is 16.7. The molecule has 0 aliphatic carbocycles. The summed E-state index contributed by atoms with van der Waals surface area (Å²) in [5.74, 6) is -3.47. The zero-order valence-electron chi connectivity index (χ0n) is 23.4. The number of benzene rings is 1. The van der Waals surface area contributed by atoms with E-state index in [4.69, 9.17) is 33.2 Å². The number of carbonyl (C=O) groups is 3. The molecule has 1 aromatic rings. The summed E-state index contributed by atoms with van der Waals surface area (Å²) in [6, 6.07) is 9.16. The highest BCUT2D eigenvalue weighted by Crippen LogP contribution is 2.33. The van der Waals surface area contributed by atoms with Crippen molar-refractivity contribution < 1.29 is 47.5 Å². The van der Waals surface area contributed by atoms with Crippen molar-refractivity contribution in [1.29, 1.82) is 0 Å². The van der Waals surface area contributed by atoms with E-state index in [0.29, 0.717) is 0 Å². The first-order valence-corrected chi connectivity index (χ1v) is 12.7. The first-order chi connectivity index (χ1) is 17.6. The summed E-state index contributed by atoms with van der Waals surface area (Å²) in [7, 11) is 0. The molecule has 0 radical (unpaired) electrons. The molecule has 38 heavy (non-hydrogen) atoms. The second-order valence-electron chi connectivity index (χ2n) is 11.9. The van der Waals surface area contributed by atoms with E-state index in [-0.39, 0.29) is 46.2 Å². The number of ether oxygens (including phenoxy) is 7. The SMILES string of the molecule is CC1(C)OCC(C)(C(=O)OCC(C)(COC(=O)C2(C)COC(C)(C)OC2)C(=O)OCc2ccccc2)CO1. The summed E-state index contributed by atoms with van der Waals surface area (Å²) in [6.45, 7) is 11.6. The van der Waals surface area contributed by atoms with Gasteiger partial charge in [0.1, 0.15) is 36.1 Å². The summed E-state index contributed by atoms with van der Waals surface area (Å²) in [4.78, 5) is 39.2. The molecule has 0 unspecified atom stereocenters. The molecule has 1 aromatic carbocycles. The summed E-state index contributed by atoms with van der Waals surface area (Å²) in [5.41, 5.74) is -2.80. The Kier molecular flexibility index (Phi) is 8.92. The standard InChI is InChI=1S/C28H40O10/c1-24(2)35-16-27(6,17-36-24)22(30)33-14-26(5,21(29)32-13-20-11-9-8-10-12-20)15-34-23(31)28(7)18-37-25(3,4)38-19-28/h8-12H,13-19H2,1-7H3. The lowest BCUT2D eigenvalue weighted by atomic mass is 9.89. The van der Waals surface area contributed by atoms with Gasteiger partial charge in [0.25, 0.3) is 0 Å². The fourth-order valence-electron chi connectivity index (χ4n) is 3.59. The van der Waals surface area contributed by atoms with Crippen LogP contribution in [0.15, 0.2) is 30.3 Å². The summed E-state index contributed by atoms with van der Waals surface area (Å²) in [6.07, 6.45) is 0. The molecular formula is C28H40O10. The first-order valence-electron chi connectivity index (χ1n) is 12.7. The second kappa shape index (κ2) is 11.3. The van der Waals surface area contributed by atoms with E-state index < -0.39 is 45.7 Å². The number of carbonyl (C=O) groups excluding carboxylic acids is 3. The smallest absolute Gasteiger partial charge is 0.319 e. The van der Waals surface area contributed by atoms with Gasteiger partial charge in [0.15, 0.2) is 11.6 Å². The average Bonchev–Trinajstić information content (AvgIpc) is 2.88. The molecule has 212 valence electrons. The van der Waals surface area contributed by atoms with Crippen molar-refractivity contribution in [3.63, 3.8) is 0 Å². The van der Waals surface area contributed by atoms with Gasteiger partial charge in [-0.05, 0) is 54.0 Å². The highest BCUT2D eigenvalue weighted by Gasteiger charge is 2.47. The van der Waals surface area contributed by atoms with E-state index in [1.54, 1.807) is 41.5 Å². The minimum Gasteiger partial charge on any atom is -0.464 e. The van der Waals surface area contributed by atoms with Crippen LogP contribution in [0.4, 0.5) is 0 Å². The molecule has 0 spiro atoms. The van der Waals surface area contributed by atoms with E-state index in [2.05, 4.69) is 0 Å². The van der Waals surface area contributed by atoms with Crippen LogP contribution in [0.25, 0.3) is 0 Å². The molecule has 0 aromatic heterocycles. The van der Waals surface area contributed by atoms with Crippen LogP contribution in [-0.2, 0) is 54.1 Å². The molecule has 2 saturated heterocycles. The predicted molar refractivity (Wildman–Crippen MR) is 134 cm³/mol. The van der Waals surface area contributed by atoms with Gasteiger partial charge in [-0.2, -0.15) is 0 Å². The Morgan fingerprint density at radius 1 is 0.711 bits per heavy atom. The van der Waals surface area contributed by atoms with E-state index >= 15 is 0 Å². The predicted octanol–water partition coefficient (Wildman–Crippen LogP) is 3.40. The quantitative estimate of drug-likeness (QED) is 0.343. The maximum Gasteiger partial charge on any atom is 0.319 e. The molecule has 0 N–H and O–H groups in total. The topological polar surface area (TPSA) is 116 Å². The minimum atomic E-state index is -1.47. The zero-order chi connectivity index (χ0) is 28.2. The fraction of sp³-hybridized carbons (Fsp3) is 0.679. The molecule has 3 rings (SSSR count). The maximum atomic E-state index is 13.2. The van der Waals surface area contributed by atoms with Crippen molar-refractivity contribution in [2.24, 2.45) is 16.2 Å². The third-order valence-electron chi connectivity index (χ3n) is 6.69. The van der Waals surface area contributed by atoms with Crippen LogP contribution in [-0.4, -0.2) is 69.1 Å². The molecule has 0 amide bonds. The van der Waals surface area contributed by atoms with Crippen molar-refractivity contribution in [1.82, 2.24) is 0 Å². The fourth-order valence-corrected chi connectivity index (χ4v) is 3.59. The third-order valence-corrected chi connectivity index (χ3v) is 6.69. The monoisotopic (exact) mass is 536 g/mol. The van der Waals surface area contributed by atoms with Gasteiger partial charge in [-0.25, -0.2) is 0 Å². The largest absolute Gasteiger partial charge is 0.464 e. The highest BCUT2D eigenvalue weighted by molar-refractivity contribution is 5.81. The zero-order valence-corrected chi connectivity index (χ0v) is 23.4. The Balaban J connectivity index is 1.68. The van der Waals surface area contributed by atoms with Crippen molar-refractivity contribution in [3.8, 4) is 0 Å². The van der Waals surface area contributed by atoms with Crippen LogP contribution in [0.2, 0.25) is 0 Å². The van der Waals surface area contributed by atoms with E-state index in [1.165, 1.54) is 6.92 Å². The lowest BCUT2D eigenvalue weighted by molar-refractivity contribution is -0.282. The van der Waals surface area contributed by atoms with Crippen molar-refractivity contribution in [2.75, 3.05) is 39.6 Å². The number of esters is 3. The summed E-state index contributed by atoms with van der Waals surface area (Å²) >= 11 is 0. The molecule has 2 aliphatic rings. The molecule has 0 saturated carbocycles. The van der Waals surface area contributed by atoms with Crippen LogP contribution in [0.1, 0.15) is 54.0 Å². The van der Waals surface area contributed by atoms with Gasteiger partial charge >= 0.3 is 17.9 Å². The van der Waals surface area contributed by atoms with E-state index in [0.717, 1.165) is 5.56 Å². The molecule has 2 heterocycles. The van der Waals surface area contributed by atoms with Crippen molar-refractivity contribution >= 4 is 17.9 Å². The van der Waals surface area contributed by atoms with Crippen LogP contribution in [0.3, 0.4) is 0 Å². The van der Waals surface area contributed by atoms with Crippen LogP contribution in [0.5, 0.6) is 0 Å². The van der Waals surface area contributed by atoms with Gasteiger partial charge in [0.2, 0.25) is 0 Å². The van der Waals surface area contributed by atoms with Gasteiger partial charge < -0.3 is 33.2 Å². The molecule has 0 bridgehead atoms. The Hall–Kier alpha value is -2.53. The Morgan fingerprint density at radius 2 is 1.11 bits per heavy atom. The second-order valence-corrected chi connectivity index (χ2v) is 11.9. The van der Waals surface area contributed by atoms with Crippen molar-refractivity contribution in [2.45, 2.75) is 66.6 Å². The molecule has 2 aliphatic heterocycles. The minimum absolute atomic E-state index is 0.0140. The Bertz CT molecular complexity index is 930. The lowest BCUT2D eigenvalue weighted by Crippen LogP contribution is -2.51. The molecule has 2 fully saturated rings.